The van der Waals surface area contributed by atoms with Gasteiger partial charge in [0.1, 0.15) is 5.75 Å². The van der Waals surface area contributed by atoms with E-state index in [4.69, 9.17) is 9.47 Å². The minimum Gasteiger partial charge on any atom is -0.507 e. The fourth-order valence-electron chi connectivity index (χ4n) is 2.48. The Morgan fingerprint density at radius 3 is 2.85 bits per heavy atom. The minimum absolute atomic E-state index is 0.113. The van der Waals surface area contributed by atoms with Gasteiger partial charge in [0.25, 0.3) is 5.91 Å². The fraction of sp³-hybridized carbons (Fsp3) is 0.111. The molecule has 0 aliphatic carbocycles. The number of fused-ring (bicyclic) bond motifs is 1. The van der Waals surface area contributed by atoms with Gasteiger partial charge in [-0.1, -0.05) is 6.07 Å². The molecule has 2 heterocycles. The summed E-state index contributed by atoms with van der Waals surface area (Å²) in [6.07, 6.45) is 1.80. The monoisotopic (exact) mass is 480 g/mol. The summed E-state index contributed by atoms with van der Waals surface area (Å²) in [5.41, 5.74) is 1.54. The molecule has 132 valence electrons. The molecule has 0 radical (unpaired) electrons. The lowest BCUT2D eigenvalue weighted by atomic mass is 10.2. The number of hydrogen-bond acceptors (Lipinski definition) is 6. The van der Waals surface area contributed by atoms with Gasteiger partial charge in [0, 0.05) is 13.1 Å². The normalized spacial score (nSPS) is 19.0. The van der Waals surface area contributed by atoms with Crippen molar-refractivity contribution in [2.45, 2.75) is 0 Å². The zero-order valence-corrected chi connectivity index (χ0v) is 16.6. The summed E-state index contributed by atoms with van der Waals surface area (Å²) >= 11 is 3.36. The first-order chi connectivity index (χ1) is 12.5. The average Bonchev–Trinajstić information content (AvgIpc) is 3.19. The van der Waals surface area contributed by atoms with E-state index in [0.29, 0.717) is 27.3 Å². The Kier molecular flexibility index (Phi) is 4.53. The van der Waals surface area contributed by atoms with Crippen LogP contribution in [0.5, 0.6) is 17.2 Å². The van der Waals surface area contributed by atoms with Gasteiger partial charge < -0.3 is 14.6 Å². The molecule has 1 N–H and O–H groups in total. The number of amides is 1. The quantitative estimate of drug-likeness (QED) is 0.521. The molecule has 0 unspecified atom stereocenters. The van der Waals surface area contributed by atoms with Crippen molar-refractivity contribution in [3.63, 3.8) is 0 Å². The van der Waals surface area contributed by atoms with Crippen molar-refractivity contribution in [3.8, 4) is 17.2 Å². The number of benzene rings is 2. The molecule has 1 saturated heterocycles. The second kappa shape index (κ2) is 6.84. The molecular weight excluding hydrogens is 467 g/mol. The molecule has 8 heteroatoms. The van der Waals surface area contributed by atoms with Gasteiger partial charge in [-0.05, 0) is 70.3 Å². The van der Waals surface area contributed by atoms with E-state index in [9.17, 15) is 9.90 Å². The maximum atomic E-state index is 12.5. The molecular formula is C18H13IN2O4S. The van der Waals surface area contributed by atoms with E-state index in [0.717, 1.165) is 9.13 Å². The van der Waals surface area contributed by atoms with Gasteiger partial charge in [-0.3, -0.25) is 9.69 Å². The third-order valence-corrected chi connectivity index (χ3v) is 5.78. The average molecular weight is 480 g/mol. The molecule has 26 heavy (non-hydrogen) atoms. The third-order valence-electron chi connectivity index (χ3n) is 3.85. The van der Waals surface area contributed by atoms with Gasteiger partial charge in [0.2, 0.25) is 6.79 Å². The Labute approximate surface area is 167 Å². The number of nitrogens with zero attached hydrogens (tertiary/aromatic N) is 2. The number of phenols is 1. The van der Waals surface area contributed by atoms with E-state index in [2.05, 4.69) is 27.6 Å². The summed E-state index contributed by atoms with van der Waals surface area (Å²) in [7, 11) is 1.70. The topological polar surface area (TPSA) is 71.4 Å². The number of rotatable bonds is 2. The predicted octanol–water partition coefficient (Wildman–Crippen LogP) is 3.96. The van der Waals surface area contributed by atoms with Crippen LogP contribution in [0.25, 0.3) is 6.08 Å². The first-order valence-electron chi connectivity index (χ1n) is 7.66. The number of aromatic hydroxyl groups is 1. The van der Waals surface area contributed by atoms with E-state index in [1.807, 2.05) is 12.1 Å². The van der Waals surface area contributed by atoms with Crippen molar-refractivity contribution >= 4 is 57.2 Å². The minimum atomic E-state index is -0.113. The molecule has 0 bridgehead atoms. The van der Waals surface area contributed by atoms with Gasteiger partial charge in [-0.15, -0.1) is 0 Å². The van der Waals surface area contributed by atoms with Crippen LogP contribution in [-0.4, -0.2) is 34.9 Å². The number of carbonyl (C=O) groups excluding carboxylic acids is 1. The summed E-state index contributed by atoms with van der Waals surface area (Å²) in [5, 5.41) is 10.2. The summed E-state index contributed by atoms with van der Waals surface area (Å²) in [4.78, 5) is 19.2. The number of phenolic OH excluding ortho intramolecular Hbond substituents is 1. The van der Waals surface area contributed by atoms with Gasteiger partial charge in [-0.2, -0.15) is 0 Å². The van der Waals surface area contributed by atoms with E-state index < -0.39 is 0 Å². The standard InChI is InChI=1S/C18H13IN2O4S/c1-21-17(23)16(7-10-2-4-13(22)12(19)6-10)26-18(21)20-11-3-5-14-15(8-11)25-9-24-14/h2-8,22H,9H2,1H3/b16-7-,20-18?. The SMILES string of the molecule is CN1C(=O)/C(=C/c2ccc(O)c(I)c2)SC1=Nc1ccc2c(c1)OCO2. The number of thioether (sulfide) groups is 1. The van der Waals surface area contributed by atoms with Crippen molar-refractivity contribution in [3.05, 3.63) is 50.4 Å². The van der Waals surface area contributed by atoms with E-state index in [1.54, 1.807) is 37.4 Å². The van der Waals surface area contributed by atoms with Crippen molar-refractivity contribution in [1.29, 1.82) is 0 Å². The first-order valence-corrected chi connectivity index (χ1v) is 9.55. The Morgan fingerprint density at radius 1 is 1.23 bits per heavy atom. The molecule has 2 aromatic rings. The van der Waals surface area contributed by atoms with Gasteiger partial charge >= 0.3 is 0 Å². The van der Waals surface area contributed by atoms with Crippen LogP contribution in [-0.2, 0) is 4.79 Å². The Hall–Kier alpha value is -2.20. The Morgan fingerprint density at radius 2 is 2.04 bits per heavy atom. The first kappa shape index (κ1) is 17.2. The predicted molar refractivity (Wildman–Crippen MR) is 109 cm³/mol. The molecule has 6 nitrogen and oxygen atoms in total. The number of ether oxygens (including phenoxy) is 2. The number of halogens is 1. The van der Waals surface area contributed by atoms with Crippen LogP contribution in [0.1, 0.15) is 5.56 Å². The summed E-state index contributed by atoms with van der Waals surface area (Å²) < 4.78 is 11.4. The highest BCUT2D eigenvalue weighted by Crippen LogP contribution is 2.38. The number of aliphatic imine (C=N–C) groups is 1. The van der Waals surface area contributed by atoms with E-state index >= 15 is 0 Å². The molecule has 0 atom stereocenters. The van der Waals surface area contributed by atoms with Crippen molar-refractivity contribution < 1.29 is 19.4 Å². The van der Waals surface area contributed by atoms with Crippen LogP contribution >= 0.6 is 34.4 Å². The van der Waals surface area contributed by atoms with E-state index in [-0.39, 0.29) is 18.4 Å². The molecule has 2 aromatic carbocycles. The smallest absolute Gasteiger partial charge is 0.266 e. The van der Waals surface area contributed by atoms with E-state index in [1.165, 1.54) is 16.7 Å². The lowest BCUT2D eigenvalue weighted by Gasteiger charge is -2.07. The van der Waals surface area contributed by atoms with Crippen LogP contribution in [0, 0.1) is 3.57 Å². The van der Waals surface area contributed by atoms with Crippen molar-refractivity contribution in [1.82, 2.24) is 4.90 Å². The second-order valence-corrected chi connectivity index (χ2v) is 7.79. The summed E-state index contributed by atoms with van der Waals surface area (Å²) in [6, 6.07) is 10.6. The zero-order valence-electron chi connectivity index (χ0n) is 13.6. The van der Waals surface area contributed by atoms with Gasteiger partial charge in [-0.25, -0.2) is 4.99 Å². The van der Waals surface area contributed by atoms with Gasteiger partial charge in [0.15, 0.2) is 16.7 Å². The van der Waals surface area contributed by atoms with Crippen LogP contribution < -0.4 is 9.47 Å². The molecule has 1 amide bonds. The molecule has 2 aliphatic heterocycles. The third kappa shape index (κ3) is 3.26. The maximum absolute atomic E-state index is 12.5. The lowest BCUT2D eigenvalue weighted by Crippen LogP contribution is -2.23. The highest BCUT2D eigenvalue weighted by atomic mass is 127. The van der Waals surface area contributed by atoms with Crippen LogP contribution in [0.15, 0.2) is 46.3 Å². The van der Waals surface area contributed by atoms with Crippen LogP contribution in [0.2, 0.25) is 0 Å². The fourth-order valence-corrected chi connectivity index (χ4v) is 4.01. The number of amidine groups is 1. The number of likely N-dealkylation sites (N-methyl/N-ethyl adjacent to an activating group) is 1. The molecule has 0 spiro atoms. The van der Waals surface area contributed by atoms with Crippen LogP contribution in [0.3, 0.4) is 0 Å². The highest BCUT2D eigenvalue weighted by Gasteiger charge is 2.30. The zero-order chi connectivity index (χ0) is 18.3. The summed E-state index contributed by atoms with van der Waals surface area (Å²) in [5.74, 6) is 1.45. The molecule has 0 aromatic heterocycles. The number of carbonyl (C=O) groups is 1. The van der Waals surface area contributed by atoms with Crippen molar-refractivity contribution in [2.24, 2.45) is 4.99 Å². The maximum Gasteiger partial charge on any atom is 0.266 e. The summed E-state index contributed by atoms with van der Waals surface area (Å²) in [6.45, 7) is 0.209. The van der Waals surface area contributed by atoms with Crippen LogP contribution in [0.4, 0.5) is 5.69 Å². The Balaban J connectivity index is 1.62. The largest absolute Gasteiger partial charge is 0.507 e. The molecule has 4 rings (SSSR count). The molecule has 2 aliphatic rings. The lowest BCUT2D eigenvalue weighted by molar-refractivity contribution is -0.121. The number of hydrogen-bond donors (Lipinski definition) is 1. The van der Waals surface area contributed by atoms with Crippen molar-refractivity contribution in [2.75, 3.05) is 13.8 Å². The second-order valence-electron chi connectivity index (χ2n) is 5.62. The molecule has 0 saturated carbocycles. The molecule has 1 fully saturated rings. The highest BCUT2D eigenvalue weighted by molar-refractivity contribution is 14.1. The Bertz CT molecular complexity index is 974. The van der Waals surface area contributed by atoms with Gasteiger partial charge in [0.05, 0.1) is 14.2 Å².